The van der Waals surface area contributed by atoms with Crippen LogP contribution in [0.2, 0.25) is 0 Å². The van der Waals surface area contributed by atoms with E-state index >= 15 is 0 Å². The number of benzene rings is 2. The van der Waals surface area contributed by atoms with Crippen LogP contribution < -0.4 is 5.32 Å². The summed E-state index contributed by atoms with van der Waals surface area (Å²) in [7, 11) is 0. The smallest absolute Gasteiger partial charge is 0.255 e. The molecule has 0 spiro atoms. The maximum absolute atomic E-state index is 13.6. The van der Waals surface area contributed by atoms with Gasteiger partial charge in [-0.05, 0) is 34.1 Å². The molecule has 0 aliphatic heterocycles. The Hall–Kier alpha value is -1.88. The van der Waals surface area contributed by atoms with Crippen LogP contribution in [0.25, 0.3) is 0 Å². The van der Waals surface area contributed by atoms with Gasteiger partial charge in [-0.25, -0.2) is 4.39 Å². The highest BCUT2D eigenvalue weighted by molar-refractivity contribution is 9.10. The molecule has 0 aromatic heterocycles. The van der Waals surface area contributed by atoms with Gasteiger partial charge >= 0.3 is 0 Å². The van der Waals surface area contributed by atoms with E-state index in [2.05, 4.69) is 21.2 Å². The van der Waals surface area contributed by atoms with E-state index in [9.17, 15) is 14.3 Å². The maximum Gasteiger partial charge on any atom is 0.255 e. The first-order valence-electron chi connectivity index (χ1n) is 5.58. The number of carbonyl (C=O) groups is 1. The SMILES string of the molecule is O=C(NCc1ccccc1O)c1c(F)cccc1Br. The summed E-state index contributed by atoms with van der Waals surface area (Å²) in [6.07, 6.45) is 0. The van der Waals surface area contributed by atoms with Crippen LogP contribution >= 0.6 is 15.9 Å². The molecule has 0 radical (unpaired) electrons. The average Bonchev–Trinajstić information content (AvgIpc) is 2.37. The molecular formula is C14H11BrFNO2. The van der Waals surface area contributed by atoms with E-state index in [0.29, 0.717) is 10.0 Å². The molecular weight excluding hydrogens is 313 g/mol. The summed E-state index contributed by atoms with van der Waals surface area (Å²) in [5, 5.41) is 12.1. The first kappa shape index (κ1) is 13.5. The molecule has 2 aromatic rings. The zero-order valence-corrected chi connectivity index (χ0v) is 11.4. The van der Waals surface area contributed by atoms with Crippen LogP contribution in [0.1, 0.15) is 15.9 Å². The third-order valence-corrected chi connectivity index (χ3v) is 3.28. The highest BCUT2D eigenvalue weighted by atomic mass is 79.9. The van der Waals surface area contributed by atoms with Gasteiger partial charge in [0.2, 0.25) is 0 Å². The molecule has 0 atom stereocenters. The van der Waals surface area contributed by atoms with Crippen LogP contribution in [0.3, 0.4) is 0 Å². The number of hydrogen-bond donors (Lipinski definition) is 2. The molecule has 0 bridgehead atoms. The standard InChI is InChI=1S/C14H11BrFNO2/c15-10-5-3-6-11(16)13(10)14(19)17-8-9-4-1-2-7-12(9)18/h1-7,18H,8H2,(H,17,19). The highest BCUT2D eigenvalue weighted by Crippen LogP contribution is 2.20. The molecule has 2 aromatic carbocycles. The number of phenolic OH excluding ortho intramolecular Hbond substituents is 1. The van der Waals surface area contributed by atoms with E-state index in [-0.39, 0.29) is 17.9 Å². The number of nitrogens with one attached hydrogen (secondary N) is 1. The Labute approximate surface area is 118 Å². The zero-order chi connectivity index (χ0) is 13.8. The quantitative estimate of drug-likeness (QED) is 0.911. The van der Waals surface area contributed by atoms with Gasteiger partial charge in [0.1, 0.15) is 11.6 Å². The topological polar surface area (TPSA) is 49.3 Å². The fourth-order valence-corrected chi connectivity index (χ4v) is 2.16. The van der Waals surface area contributed by atoms with Crippen LogP contribution in [0.4, 0.5) is 4.39 Å². The second kappa shape index (κ2) is 5.84. The lowest BCUT2D eigenvalue weighted by molar-refractivity contribution is 0.0946. The lowest BCUT2D eigenvalue weighted by atomic mass is 10.1. The van der Waals surface area contributed by atoms with Gasteiger partial charge in [0.25, 0.3) is 5.91 Å². The van der Waals surface area contributed by atoms with Crippen molar-refractivity contribution in [1.82, 2.24) is 5.32 Å². The van der Waals surface area contributed by atoms with E-state index in [1.165, 1.54) is 18.2 Å². The van der Waals surface area contributed by atoms with Gasteiger partial charge in [0.15, 0.2) is 0 Å². The van der Waals surface area contributed by atoms with Crippen molar-refractivity contribution in [2.45, 2.75) is 6.54 Å². The fourth-order valence-electron chi connectivity index (χ4n) is 1.64. The van der Waals surface area contributed by atoms with E-state index in [1.807, 2.05) is 0 Å². The van der Waals surface area contributed by atoms with Crippen molar-refractivity contribution >= 4 is 21.8 Å². The summed E-state index contributed by atoms with van der Waals surface area (Å²) in [5.41, 5.74) is 0.529. The van der Waals surface area contributed by atoms with Crippen LogP contribution in [0, 0.1) is 5.82 Å². The predicted molar refractivity (Wildman–Crippen MR) is 73.4 cm³/mol. The molecule has 0 saturated carbocycles. The summed E-state index contributed by atoms with van der Waals surface area (Å²) in [5.74, 6) is -1.03. The number of hydrogen-bond acceptors (Lipinski definition) is 2. The summed E-state index contributed by atoms with van der Waals surface area (Å²) >= 11 is 3.14. The minimum absolute atomic E-state index is 0.0436. The number of amides is 1. The van der Waals surface area contributed by atoms with Gasteiger partial charge in [-0.3, -0.25) is 4.79 Å². The van der Waals surface area contributed by atoms with Crippen molar-refractivity contribution in [3.8, 4) is 5.75 Å². The molecule has 0 aliphatic carbocycles. The lowest BCUT2D eigenvalue weighted by Crippen LogP contribution is -2.24. The third-order valence-electron chi connectivity index (χ3n) is 2.62. The van der Waals surface area contributed by atoms with Crippen LogP contribution in [-0.2, 0) is 6.54 Å². The van der Waals surface area contributed by atoms with Gasteiger partial charge in [0.05, 0.1) is 5.56 Å². The van der Waals surface area contributed by atoms with Crippen LogP contribution in [0.15, 0.2) is 46.9 Å². The Morgan fingerprint density at radius 2 is 1.95 bits per heavy atom. The van der Waals surface area contributed by atoms with Crippen molar-refractivity contribution in [2.24, 2.45) is 0 Å². The van der Waals surface area contributed by atoms with Crippen molar-refractivity contribution in [1.29, 1.82) is 0 Å². The van der Waals surface area contributed by atoms with Gasteiger partial charge < -0.3 is 10.4 Å². The first-order valence-corrected chi connectivity index (χ1v) is 6.38. The third kappa shape index (κ3) is 3.12. The average molecular weight is 324 g/mol. The molecule has 0 unspecified atom stereocenters. The van der Waals surface area contributed by atoms with Crippen molar-refractivity contribution in [3.63, 3.8) is 0 Å². The normalized spacial score (nSPS) is 10.2. The highest BCUT2D eigenvalue weighted by Gasteiger charge is 2.15. The molecule has 19 heavy (non-hydrogen) atoms. The van der Waals surface area contributed by atoms with Gasteiger partial charge in [-0.15, -0.1) is 0 Å². The van der Waals surface area contributed by atoms with E-state index in [4.69, 9.17) is 0 Å². The number of aromatic hydroxyl groups is 1. The minimum atomic E-state index is -0.593. The molecule has 0 fully saturated rings. The largest absolute Gasteiger partial charge is 0.508 e. The Morgan fingerprint density at radius 3 is 2.63 bits per heavy atom. The van der Waals surface area contributed by atoms with Gasteiger partial charge in [-0.1, -0.05) is 24.3 Å². The molecule has 1 amide bonds. The number of rotatable bonds is 3. The second-order valence-corrected chi connectivity index (χ2v) is 4.76. The Morgan fingerprint density at radius 1 is 1.21 bits per heavy atom. The van der Waals surface area contributed by atoms with Crippen LogP contribution in [-0.4, -0.2) is 11.0 Å². The summed E-state index contributed by atoms with van der Waals surface area (Å²) in [6, 6.07) is 11.0. The summed E-state index contributed by atoms with van der Waals surface area (Å²) in [6.45, 7) is 0.131. The molecule has 0 aliphatic rings. The molecule has 2 rings (SSSR count). The molecule has 2 N–H and O–H groups in total. The summed E-state index contributed by atoms with van der Waals surface area (Å²) in [4.78, 5) is 11.9. The fraction of sp³-hybridized carbons (Fsp3) is 0.0714. The predicted octanol–water partition coefficient (Wildman–Crippen LogP) is 3.22. The Balaban J connectivity index is 2.13. The zero-order valence-electron chi connectivity index (χ0n) is 9.86. The number of phenols is 1. The van der Waals surface area contributed by atoms with E-state index in [0.717, 1.165) is 0 Å². The number of halogens is 2. The first-order chi connectivity index (χ1) is 9.09. The van der Waals surface area contributed by atoms with Crippen LogP contribution in [0.5, 0.6) is 5.75 Å². The monoisotopic (exact) mass is 323 g/mol. The molecule has 0 heterocycles. The minimum Gasteiger partial charge on any atom is -0.508 e. The Bertz CT molecular complexity index is 596. The second-order valence-electron chi connectivity index (χ2n) is 3.91. The van der Waals surface area contributed by atoms with Gasteiger partial charge in [-0.2, -0.15) is 0 Å². The van der Waals surface area contributed by atoms with E-state index < -0.39 is 11.7 Å². The van der Waals surface area contributed by atoms with Crippen molar-refractivity contribution < 1.29 is 14.3 Å². The molecule has 5 heteroatoms. The van der Waals surface area contributed by atoms with E-state index in [1.54, 1.807) is 24.3 Å². The molecule has 0 saturated heterocycles. The maximum atomic E-state index is 13.6. The lowest BCUT2D eigenvalue weighted by Gasteiger charge is -2.08. The summed E-state index contributed by atoms with van der Waals surface area (Å²) < 4.78 is 14.0. The molecule has 3 nitrogen and oxygen atoms in total. The Kier molecular flexibility index (Phi) is 4.16. The van der Waals surface area contributed by atoms with Gasteiger partial charge in [0, 0.05) is 16.6 Å². The van der Waals surface area contributed by atoms with Crippen molar-refractivity contribution in [2.75, 3.05) is 0 Å². The number of carbonyl (C=O) groups excluding carboxylic acids is 1. The molecule has 98 valence electrons. The number of para-hydroxylation sites is 1. The van der Waals surface area contributed by atoms with Crippen molar-refractivity contribution in [3.05, 3.63) is 63.9 Å².